The van der Waals surface area contributed by atoms with Gasteiger partial charge in [0.1, 0.15) is 5.75 Å². The van der Waals surface area contributed by atoms with E-state index in [4.69, 9.17) is 4.74 Å². The van der Waals surface area contributed by atoms with E-state index in [-0.39, 0.29) is 11.9 Å². The van der Waals surface area contributed by atoms with E-state index in [0.717, 1.165) is 37.0 Å². The van der Waals surface area contributed by atoms with Gasteiger partial charge >= 0.3 is 5.97 Å². The molecule has 2 fully saturated rings. The summed E-state index contributed by atoms with van der Waals surface area (Å²) >= 11 is 0. The smallest absolute Gasteiger partial charge is 0.308 e. The first-order valence-electron chi connectivity index (χ1n) is 8.68. The highest BCUT2D eigenvalue weighted by molar-refractivity contribution is 5.90. The maximum Gasteiger partial charge on any atom is 0.308 e. The lowest BCUT2D eigenvalue weighted by atomic mass is 9.77. The maximum absolute atomic E-state index is 13.4. The molecule has 24 heavy (non-hydrogen) atoms. The number of hydrogen-bond donors (Lipinski definition) is 1. The molecule has 1 amide bonds. The summed E-state index contributed by atoms with van der Waals surface area (Å²) in [7, 11) is 1.63. The van der Waals surface area contributed by atoms with Gasteiger partial charge in [-0.1, -0.05) is 25.0 Å². The number of carboxylic acid groups (broad SMARTS) is 1. The van der Waals surface area contributed by atoms with E-state index >= 15 is 0 Å². The second-order valence-corrected chi connectivity index (χ2v) is 6.99. The number of aliphatic carboxylic acids is 1. The molecule has 1 aromatic carbocycles. The lowest BCUT2D eigenvalue weighted by molar-refractivity contribution is -0.144. The van der Waals surface area contributed by atoms with E-state index in [9.17, 15) is 14.7 Å². The number of hydrogen-bond acceptors (Lipinski definition) is 3. The minimum Gasteiger partial charge on any atom is -0.497 e. The highest BCUT2D eigenvalue weighted by atomic mass is 16.5. The topological polar surface area (TPSA) is 66.8 Å². The number of ether oxygens (including phenoxy) is 1. The van der Waals surface area contributed by atoms with Gasteiger partial charge in [0.2, 0.25) is 5.91 Å². The number of methoxy groups -OCH3 is 1. The standard InChI is InChI=1S/C19H25NO4/c1-13-16(17(21)22)8-11-20(13)18(23)19(9-3-4-10-19)14-6-5-7-15(12-14)24-2/h5-7,12-13,16H,3-4,8-11H2,1-2H3,(H,21,22). The Kier molecular flexibility index (Phi) is 4.52. The van der Waals surface area contributed by atoms with Crippen LogP contribution in [0, 0.1) is 5.92 Å². The molecule has 2 unspecified atom stereocenters. The van der Waals surface area contributed by atoms with Crippen LogP contribution < -0.4 is 4.74 Å². The van der Waals surface area contributed by atoms with Crippen LogP contribution in [0.5, 0.6) is 5.75 Å². The van der Waals surface area contributed by atoms with Crippen molar-refractivity contribution >= 4 is 11.9 Å². The van der Waals surface area contributed by atoms with Gasteiger partial charge in [-0.15, -0.1) is 0 Å². The SMILES string of the molecule is COc1cccc(C2(C(=O)N3CCC(C(=O)O)C3C)CCCC2)c1. The quantitative estimate of drug-likeness (QED) is 0.921. The summed E-state index contributed by atoms with van der Waals surface area (Å²) in [6, 6.07) is 7.52. The summed E-state index contributed by atoms with van der Waals surface area (Å²) in [6.07, 6.45) is 4.22. The number of amides is 1. The van der Waals surface area contributed by atoms with Gasteiger partial charge in [0.25, 0.3) is 0 Å². The first-order chi connectivity index (χ1) is 11.5. The molecule has 1 aliphatic heterocycles. The highest BCUT2D eigenvalue weighted by Gasteiger charge is 2.49. The van der Waals surface area contributed by atoms with Crippen LogP contribution >= 0.6 is 0 Å². The summed E-state index contributed by atoms with van der Waals surface area (Å²) in [5.41, 5.74) is 0.464. The summed E-state index contributed by atoms with van der Waals surface area (Å²) in [5.74, 6) is -0.425. The number of carbonyl (C=O) groups excluding carboxylic acids is 1. The van der Waals surface area contributed by atoms with E-state index < -0.39 is 17.3 Å². The Balaban J connectivity index is 1.93. The highest BCUT2D eigenvalue weighted by Crippen LogP contribution is 2.45. The first kappa shape index (κ1) is 16.8. The number of benzene rings is 1. The van der Waals surface area contributed by atoms with Crippen molar-refractivity contribution < 1.29 is 19.4 Å². The molecular weight excluding hydrogens is 306 g/mol. The average molecular weight is 331 g/mol. The molecule has 1 saturated carbocycles. The van der Waals surface area contributed by atoms with Crippen molar-refractivity contribution in [1.82, 2.24) is 4.90 Å². The predicted octanol–water partition coefficient (Wildman–Crippen LogP) is 2.83. The Labute approximate surface area is 142 Å². The van der Waals surface area contributed by atoms with Crippen LogP contribution in [0.4, 0.5) is 0 Å². The zero-order chi connectivity index (χ0) is 17.3. The van der Waals surface area contributed by atoms with E-state index in [1.54, 1.807) is 12.0 Å². The molecule has 5 heteroatoms. The first-order valence-corrected chi connectivity index (χ1v) is 8.68. The molecule has 0 spiro atoms. The van der Waals surface area contributed by atoms with Crippen molar-refractivity contribution in [2.45, 2.75) is 50.5 Å². The third-order valence-electron chi connectivity index (χ3n) is 5.82. The minimum atomic E-state index is -0.806. The lowest BCUT2D eigenvalue weighted by Crippen LogP contribution is -2.48. The van der Waals surface area contributed by atoms with Crippen molar-refractivity contribution in [3.05, 3.63) is 29.8 Å². The summed E-state index contributed by atoms with van der Waals surface area (Å²) in [4.78, 5) is 26.6. The van der Waals surface area contributed by atoms with Crippen molar-refractivity contribution in [3.63, 3.8) is 0 Å². The fourth-order valence-corrected chi connectivity index (χ4v) is 4.36. The molecule has 0 aromatic heterocycles. The largest absolute Gasteiger partial charge is 0.497 e. The Morgan fingerprint density at radius 2 is 2.00 bits per heavy atom. The van der Waals surface area contributed by atoms with Crippen LogP contribution in [-0.4, -0.2) is 41.6 Å². The fourth-order valence-electron chi connectivity index (χ4n) is 4.36. The van der Waals surface area contributed by atoms with E-state index in [1.807, 2.05) is 31.2 Å². The van der Waals surface area contributed by atoms with Crippen LogP contribution in [0.25, 0.3) is 0 Å². The van der Waals surface area contributed by atoms with Crippen molar-refractivity contribution in [2.24, 2.45) is 5.92 Å². The Morgan fingerprint density at radius 1 is 1.29 bits per heavy atom. The van der Waals surface area contributed by atoms with Gasteiger partial charge < -0.3 is 14.7 Å². The second kappa shape index (κ2) is 6.46. The number of carbonyl (C=O) groups is 2. The van der Waals surface area contributed by atoms with Gasteiger partial charge in [-0.3, -0.25) is 9.59 Å². The summed E-state index contributed by atoms with van der Waals surface area (Å²) in [5, 5.41) is 9.34. The Hall–Kier alpha value is -2.04. The number of nitrogens with zero attached hydrogens (tertiary/aromatic N) is 1. The molecule has 2 aliphatic rings. The third-order valence-corrected chi connectivity index (χ3v) is 5.82. The van der Waals surface area contributed by atoms with Gasteiger partial charge in [-0.25, -0.2) is 0 Å². The molecule has 130 valence electrons. The molecule has 1 N–H and O–H groups in total. The summed E-state index contributed by atoms with van der Waals surface area (Å²) < 4.78 is 5.33. The third kappa shape index (κ3) is 2.66. The number of carboxylic acids is 1. The predicted molar refractivity (Wildman–Crippen MR) is 90.1 cm³/mol. The van der Waals surface area contributed by atoms with Crippen LogP contribution in [-0.2, 0) is 15.0 Å². The van der Waals surface area contributed by atoms with Gasteiger partial charge in [-0.2, -0.15) is 0 Å². The van der Waals surface area contributed by atoms with Gasteiger partial charge in [0, 0.05) is 12.6 Å². The molecule has 1 aromatic rings. The number of likely N-dealkylation sites (tertiary alicyclic amines) is 1. The second-order valence-electron chi connectivity index (χ2n) is 6.99. The average Bonchev–Trinajstić information content (AvgIpc) is 3.22. The van der Waals surface area contributed by atoms with Crippen LogP contribution in [0.3, 0.4) is 0 Å². The fraction of sp³-hybridized carbons (Fsp3) is 0.579. The Bertz CT molecular complexity index is 636. The molecule has 0 radical (unpaired) electrons. The maximum atomic E-state index is 13.4. The van der Waals surface area contributed by atoms with Crippen molar-refractivity contribution in [3.8, 4) is 5.75 Å². The zero-order valence-electron chi connectivity index (χ0n) is 14.3. The monoisotopic (exact) mass is 331 g/mol. The molecule has 3 rings (SSSR count). The van der Waals surface area contributed by atoms with Gasteiger partial charge in [0.15, 0.2) is 0 Å². The molecule has 1 heterocycles. The van der Waals surface area contributed by atoms with Gasteiger partial charge in [0.05, 0.1) is 18.4 Å². The van der Waals surface area contributed by atoms with E-state index in [0.29, 0.717) is 13.0 Å². The molecular formula is C19H25NO4. The Morgan fingerprint density at radius 3 is 2.58 bits per heavy atom. The van der Waals surface area contributed by atoms with E-state index in [2.05, 4.69) is 0 Å². The molecule has 5 nitrogen and oxygen atoms in total. The van der Waals surface area contributed by atoms with Crippen LogP contribution in [0.15, 0.2) is 24.3 Å². The van der Waals surface area contributed by atoms with Crippen molar-refractivity contribution in [2.75, 3.05) is 13.7 Å². The molecule has 1 aliphatic carbocycles. The minimum absolute atomic E-state index is 0.0875. The van der Waals surface area contributed by atoms with Crippen LogP contribution in [0.1, 0.15) is 44.6 Å². The van der Waals surface area contributed by atoms with Crippen LogP contribution in [0.2, 0.25) is 0 Å². The number of rotatable bonds is 4. The molecule has 0 bridgehead atoms. The van der Waals surface area contributed by atoms with Gasteiger partial charge in [-0.05, 0) is 43.9 Å². The zero-order valence-corrected chi connectivity index (χ0v) is 14.3. The molecule has 2 atom stereocenters. The summed E-state index contributed by atoms with van der Waals surface area (Å²) in [6.45, 7) is 2.39. The lowest BCUT2D eigenvalue weighted by Gasteiger charge is -2.35. The van der Waals surface area contributed by atoms with E-state index in [1.165, 1.54) is 0 Å². The van der Waals surface area contributed by atoms with Crippen molar-refractivity contribution in [1.29, 1.82) is 0 Å². The normalized spacial score (nSPS) is 25.7. The molecule has 1 saturated heterocycles.